The van der Waals surface area contributed by atoms with Crippen LogP contribution in [0.5, 0.6) is 5.75 Å². The zero-order valence-electron chi connectivity index (χ0n) is 20.6. The third-order valence-electron chi connectivity index (χ3n) is 5.78. The minimum atomic E-state index is 0.0775. The Bertz CT molecular complexity index is 727. The lowest BCUT2D eigenvalue weighted by Gasteiger charge is -2.28. The molecule has 0 spiro atoms. The second-order valence-corrected chi connectivity index (χ2v) is 9.50. The van der Waals surface area contributed by atoms with E-state index >= 15 is 0 Å². The molecule has 32 heavy (non-hydrogen) atoms. The average Bonchev–Trinajstić information content (AvgIpc) is 2.80. The van der Waals surface area contributed by atoms with Gasteiger partial charge in [-0.15, -0.1) is 5.75 Å². The molecule has 0 atom stereocenters. The number of benzene rings is 2. The summed E-state index contributed by atoms with van der Waals surface area (Å²) >= 11 is 5.58. The first kappa shape index (κ1) is 28.3. The highest BCUT2D eigenvalue weighted by molar-refractivity contribution is 6.25. The zero-order chi connectivity index (χ0) is 23.5. The maximum absolute atomic E-state index is 11.4. The van der Waals surface area contributed by atoms with Crippen molar-refractivity contribution in [1.29, 1.82) is 0 Å². The van der Waals surface area contributed by atoms with E-state index in [-0.39, 0.29) is 5.75 Å². The number of hydrogen-bond acceptors (Lipinski definition) is 1. The van der Waals surface area contributed by atoms with Crippen LogP contribution in [0, 0.1) is 0 Å². The normalized spacial score (nSPS) is 11.4. The Hall–Kier alpha value is -1.77. The van der Waals surface area contributed by atoms with Gasteiger partial charge >= 0.3 is 0 Å². The molecular weight excluding hydrogens is 414 g/mol. The lowest BCUT2D eigenvalue weighted by atomic mass is 10.1. The van der Waals surface area contributed by atoms with E-state index in [1.165, 1.54) is 70.8 Å². The molecule has 0 aromatic heterocycles. The Kier molecular flexibility index (Phi) is 15.7. The number of hydrogen-bond donors (Lipinski definition) is 0. The smallest absolute Gasteiger partial charge is 0.0981 e. The Morgan fingerprint density at radius 3 is 1.84 bits per heavy atom. The van der Waals surface area contributed by atoms with Crippen molar-refractivity contribution in [2.75, 3.05) is 27.2 Å². The molecule has 2 aromatic rings. The molecule has 0 heterocycles. The lowest BCUT2D eigenvalue weighted by molar-refractivity contribution is -0.884. The number of likely N-dealkylation sites (N-methyl/N-ethyl adjacent to an activating group) is 1. The van der Waals surface area contributed by atoms with Gasteiger partial charge in [-0.3, -0.25) is 0 Å². The van der Waals surface area contributed by atoms with Crippen molar-refractivity contribution in [3.05, 3.63) is 66.2 Å². The number of halogens is 1. The van der Waals surface area contributed by atoms with E-state index < -0.39 is 0 Å². The molecule has 178 valence electrons. The van der Waals surface area contributed by atoms with Gasteiger partial charge in [0.15, 0.2) is 0 Å². The van der Waals surface area contributed by atoms with Gasteiger partial charge in [0.05, 0.1) is 27.2 Å². The summed E-state index contributed by atoms with van der Waals surface area (Å²) in [5.41, 5.74) is 3.38. The van der Waals surface area contributed by atoms with Gasteiger partial charge in [0.2, 0.25) is 0 Å². The molecule has 0 N–H and O–H groups in total. The summed E-state index contributed by atoms with van der Waals surface area (Å²) in [7, 11) is 4.56. The van der Waals surface area contributed by atoms with E-state index in [2.05, 4.69) is 27.1 Å². The number of quaternary nitrogens is 1. The van der Waals surface area contributed by atoms with Crippen molar-refractivity contribution in [2.45, 2.75) is 71.1 Å². The fourth-order valence-corrected chi connectivity index (χ4v) is 3.85. The van der Waals surface area contributed by atoms with Crippen LogP contribution in [0.2, 0.25) is 0 Å². The standard InChI is InChI=1S/C17H35ClN.C12H10O/c1-4-5-6-7-8-9-10-11-12-13-16-19(2,3)17-14-15-18;13-12-9-5-4-8-11(12)10-6-2-1-3-7-10/h14-15H,4-13,16-17H2,1-3H3;1-9,13H/q+1;/p-1. The Balaban J connectivity index is 0.000000339. The third-order valence-corrected chi connectivity index (χ3v) is 5.96. The quantitative estimate of drug-likeness (QED) is 0.207. The molecule has 0 amide bonds. The van der Waals surface area contributed by atoms with Crippen molar-refractivity contribution in [3.8, 4) is 16.9 Å². The van der Waals surface area contributed by atoms with Gasteiger partial charge in [-0.25, -0.2) is 0 Å². The van der Waals surface area contributed by atoms with E-state index in [1.54, 1.807) is 17.7 Å². The van der Waals surface area contributed by atoms with Crippen LogP contribution in [0.1, 0.15) is 71.1 Å². The predicted octanol–water partition coefficient (Wildman–Crippen LogP) is 8.16. The minimum Gasteiger partial charge on any atom is -0.872 e. The molecule has 0 bridgehead atoms. The second kappa shape index (κ2) is 17.7. The van der Waals surface area contributed by atoms with Gasteiger partial charge in [-0.05, 0) is 30.0 Å². The van der Waals surface area contributed by atoms with E-state index in [9.17, 15) is 5.11 Å². The van der Waals surface area contributed by atoms with Crippen LogP contribution in [0.25, 0.3) is 11.1 Å². The molecule has 0 aliphatic carbocycles. The van der Waals surface area contributed by atoms with Crippen LogP contribution in [-0.4, -0.2) is 31.7 Å². The molecule has 0 aliphatic rings. The molecular formula is C29H44ClNO. The van der Waals surface area contributed by atoms with Gasteiger partial charge in [0.1, 0.15) is 0 Å². The zero-order valence-corrected chi connectivity index (χ0v) is 21.3. The van der Waals surface area contributed by atoms with Crippen LogP contribution in [0.3, 0.4) is 0 Å². The van der Waals surface area contributed by atoms with Crippen LogP contribution < -0.4 is 5.11 Å². The number of rotatable bonds is 14. The minimum absolute atomic E-state index is 0.0775. The summed E-state index contributed by atoms with van der Waals surface area (Å²) in [6.45, 7) is 4.58. The summed E-state index contributed by atoms with van der Waals surface area (Å²) in [6.07, 6.45) is 16.2. The summed E-state index contributed by atoms with van der Waals surface area (Å²) in [5, 5.41) is 11.4. The van der Waals surface area contributed by atoms with E-state index in [4.69, 9.17) is 11.6 Å². The molecule has 0 fully saturated rings. The number of para-hydroxylation sites is 1. The molecule has 0 saturated carbocycles. The summed E-state index contributed by atoms with van der Waals surface area (Å²) in [6, 6.07) is 16.8. The van der Waals surface area contributed by atoms with Crippen molar-refractivity contribution < 1.29 is 9.59 Å². The predicted molar refractivity (Wildman–Crippen MR) is 140 cm³/mol. The van der Waals surface area contributed by atoms with Crippen molar-refractivity contribution in [3.63, 3.8) is 0 Å². The topological polar surface area (TPSA) is 23.1 Å². The maximum atomic E-state index is 11.4. The molecule has 0 saturated heterocycles. The van der Waals surface area contributed by atoms with Crippen molar-refractivity contribution >= 4 is 11.6 Å². The second-order valence-electron chi connectivity index (χ2n) is 9.25. The Morgan fingerprint density at radius 2 is 1.28 bits per heavy atom. The van der Waals surface area contributed by atoms with Gasteiger partial charge < -0.3 is 9.59 Å². The Morgan fingerprint density at radius 1 is 0.750 bits per heavy atom. The molecule has 3 heteroatoms. The first-order valence-electron chi connectivity index (χ1n) is 12.4. The highest BCUT2D eigenvalue weighted by Gasteiger charge is 2.11. The SMILES string of the molecule is CCCCCCCCCCCC[N+](C)(C)CC=CCl.[O-]c1ccccc1-c1ccccc1. The fourth-order valence-electron chi connectivity index (χ4n) is 3.77. The highest BCUT2D eigenvalue weighted by atomic mass is 35.5. The van der Waals surface area contributed by atoms with Crippen LogP contribution in [-0.2, 0) is 0 Å². The molecule has 2 rings (SSSR count). The largest absolute Gasteiger partial charge is 0.872 e. The Labute approximate surface area is 202 Å². The van der Waals surface area contributed by atoms with Crippen LogP contribution in [0.15, 0.2) is 66.2 Å². The maximum Gasteiger partial charge on any atom is 0.0981 e. The van der Waals surface area contributed by atoms with Gasteiger partial charge in [-0.1, -0.05) is 124 Å². The summed E-state index contributed by atoms with van der Waals surface area (Å²) in [5.74, 6) is 0.0775. The van der Waals surface area contributed by atoms with Crippen LogP contribution >= 0.6 is 11.6 Å². The highest BCUT2D eigenvalue weighted by Crippen LogP contribution is 2.25. The van der Waals surface area contributed by atoms with Gasteiger partial charge in [0, 0.05) is 5.54 Å². The van der Waals surface area contributed by atoms with Crippen molar-refractivity contribution in [1.82, 2.24) is 0 Å². The first-order chi connectivity index (χ1) is 15.5. The molecule has 2 nitrogen and oxygen atoms in total. The number of unbranched alkanes of at least 4 members (excludes halogenated alkanes) is 9. The third kappa shape index (κ3) is 13.6. The average molecular weight is 458 g/mol. The lowest BCUT2D eigenvalue weighted by Crippen LogP contribution is -2.40. The molecule has 0 radical (unpaired) electrons. The van der Waals surface area contributed by atoms with E-state index in [0.29, 0.717) is 0 Å². The first-order valence-corrected chi connectivity index (χ1v) is 12.8. The van der Waals surface area contributed by atoms with Crippen molar-refractivity contribution in [2.24, 2.45) is 0 Å². The molecule has 0 unspecified atom stereocenters. The van der Waals surface area contributed by atoms with Gasteiger partial charge in [-0.2, -0.15) is 0 Å². The van der Waals surface area contributed by atoms with E-state index in [0.717, 1.165) is 22.2 Å². The summed E-state index contributed by atoms with van der Waals surface area (Å²) in [4.78, 5) is 0. The van der Waals surface area contributed by atoms with Crippen LogP contribution in [0.4, 0.5) is 0 Å². The van der Waals surface area contributed by atoms with Gasteiger partial charge in [0.25, 0.3) is 0 Å². The monoisotopic (exact) mass is 457 g/mol. The van der Waals surface area contributed by atoms with E-state index in [1.807, 2.05) is 42.5 Å². The fraction of sp³-hybridized carbons (Fsp3) is 0.517. The number of nitrogens with zero attached hydrogens (tertiary/aromatic N) is 1. The molecule has 0 aliphatic heterocycles. The molecule has 2 aromatic carbocycles. The summed E-state index contributed by atoms with van der Waals surface area (Å²) < 4.78 is 1.06.